The molecule has 3 heteroatoms. The van der Waals surface area contributed by atoms with Gasteiger partial charge in [-0.2, -0.15) is 10.5 Å². The molecule has 1 aromatic rings. The second-order valence-electron chi connectivity index (χ2n) is 4.48. The number of hydrogen-bond donors (Lipinski definition) is 0. The van der Waals surface area contributed by atoms with Crippen molar-refractivity contribution in [3.63, 3.8) is 0 Å². The molecule has 0 heterocycles. The van der Waals surface area contributed by atoms with Crippen molar-refractivity contribution in [2.45, 2.75) is 43.8 Å². The van der Waals surface area contributed by atoms with Gasteiger partial charge in [0.15, 0.2) is 0 Å². The van der Waals surface area contributed by atoms with Gasteiger partial charge in [-0.25, -0.2) is 0 Å². The van der Waals surface area contributed by atoms with Gasteiger partial charge in [-0.1, -0.05) is 27.7 Å². The van der Waals surface area contributed by atoms with Crippen LogP contribution in [0.25, 0.3) is 0 Å². The van der Waals surface area contributed by atoms with E-state index in [0.717, 1.165) is 10.5 Å². The Bertz CT molecular complexity index is 455. The Morgan fingerprint density at radius 1 is 1.00 bits per heavy atom. The van der Waals surface area contributed by atoms with E-state index < -0.39 is 0 Å². The summed E-state index contributed by atoms with van der Waals surface area (Å²) >= 11 is 1.68. The van der Waals surface area contributed by atoms with Gasteiger partial charge in [-0.15, -0.1) is 11.8 Å². The molecular formula is C14H16N2S. The summed E-state index contributed by atoms with van der Waals surface area (Å²) < 4.78 is 0. The Morgan fingerprint density at radius 2 is 1.47 bits per heavy atom. The Kier molecular flexibility index (Phi) is 4.61. The van der Waals surface area contributed by atoms with Crippen LogP contribution < -0.4 is 0 Å². The Hall–Kier alpha value is -1.45. The van der Waals surface area contributed by atoms with Crippen LogP contribution in [-0.4, -0.2) is 5.25 Å². The smallest absolute Gasteiger partial charge is 0.0995 e. The lowest BCUT2D eigenvalue weighted by Gasteiger charge is -2.13. The van der Waals surface area contributed by atoms with Crippen molar-refractivity contribution >= 4 is 11.8 Å². The van der Waals surface area contributed by atoms with Gasteiger partial charge in [0.05, 0.1) is 23.3 Å². The Labute approximate surface area is 107 Å². The number of benzene rings is 1. The summed E-state index contributed by atoms with van der Waals surface area (Å²) in [7, 11) is 0. The van der Waals surface area contributed by atoms with Crippen molar-refractivity contribution in [1.29, 1.82) is 10.5 Å². The molecular weight excluding hydrogens is 228 g/mol. The quantitative estimate of drug-likeness (QED) is 0.753. The fourth-order valence-corrected chi connectivity index (χ4v) is 2.69. The molecule has 0 aliphatic heterocycles. The molecule has 0 aromatic heterocycles. The normalized spacial score (nSPS) is 10.4. The standard InChI is InChI=1S/C14H16N2S/c1-9(2)14-11(7-15)5-13(17-10(3)4)6-12(14)8-16/h5-6,9-10H,1-4H3. The van der Waals surface area contributed by atoms with Crippen LogP contribution in [0, 0.1) is 22.7 Å². The van der Waals surface area contributed by atoms with Crippen LogP contribution in [0.5, 0.6) is 0 Å². The van der Waals surface area contributed by atoms with Crippen molar-refractivity contribution in [3.8, 4) is 12.1 Å². The molecule has 0 radical (unpaired) electrons. The first-order chi connectivity index (χ1) is 7.99. The molecule has 0 amide bonds. The summed E-state index contributed by atoms with van der Waals surface area (Å²) in [5.74, 6) is 0.192. The molecule has 88 valence electrons. The lowest BCUT2D eigenvalue weighted by molar-refractivity contribution is 0.856. The van der Waals surface area contributed by atoms with Gasteiger partial charge in [-0.3, -0.25) is 0 Å². The molecule has 17 heavy (non-hydrogen) atoms. The van der Waals surface area contributed by atoms with E-state index in [9.17, 15) is 10.5 Å². The fraction of sp³-hybridized carbons (Fsp3) is 0.429. The summed E-state index contributed by atoms with van der Waals surface area (Å²) in [5.41, 5.74) is 2.12. The predicted octanol–water partition coefficient (Wildman–Crippen LogP) is 4.05. The van der Waals surface area contributed by atoms with E-state index in [2.05, 4.69) is 26.0 Å². The van der Waals surface area contributed by atoms with Gasteiger partial charge in [0.2, 0.25) is 0 Å². The van der Waals surface area contributed by atoms with Gasteiger partial charge in [0.1, 0.15) is 0 Å². The molecule has 0 aliphatic carbocycles. The van der Waals surface area contributed by atoms with Crippen LogP contribution in [0.1, 0.15) is 50.3 Å². The van der Waals surface area contributed by atoms with E-state index >= 15 is 0 Å². The molecule has 0 spiro atoms. The maximum atomic E-state index is 9.18. The number of nitrogens with zero attached hydrogens (tertiary/aromatic N) is 2. The third-order valence-corrected chi connectivity index (χ3v) is 3.32. The molecule has 0 fully saturated rings. The summed E-state index contributed by atoms with van der Waals surface area (Å²) in [4.78, 5) is 0.998. The van der Waals surface area contributed by atoms with Gasteiger partial charge < -0.3 is 0 Å². The number of nitriles is 2. The van der Waals surface area contributed by atoms with Crippen LogP contribution in [0.4, 0.5) is 0 Å². The maximum Gasteiger partial charge on any atom is 0.0995 e. The highest BCUT2D eigenvalue weighted by Crippen LogP contribution is 2.30. The summed E-state index contributed by atoms with van der Waals surface area (Å²) in [6.45, 7) is 8.21. The average Bonchev–Trinajstić information content (AvgIpc) is 2.26. The highest BCUT2D eigenvalue weighted by Gasteiger charge is 2.14. The van der Waals surface area contributed by atoms with E-state index in [-0.39, 0.29) is 5.92 Å². The summed E-state index contributed by atoms with van der Waals surface area (Å²) in [6, 6.07) is 8.18. The first kappa shape index (κ1) is 13.6. The molecule has 2 nitrogen and oxygen atoms in total. The maximum absolute atomic E-state index is 9.18. The van der Waals surface area contributed by atoms with Gasteiger partial charge in [-0.05, 0) is 23.6 Å². The summed E-state index contributed by atoms with van der Waals surface area (Å²) in [5, 5.41) is 18.8. The monoisotopic (exact) mass is 244 g/mol. The molecule has 0 unspecified atom stereocenters. The highest BCUT2D eigenvalue weighted by atomic mass is 32.2. The van der Waals surface area contributed by atoms with Gasteiger partial charge in [0.25, 0.3) is 0 Å². The molecule has 1 aromatic carbocycles. The van der Waals surface area contributed by atoms with Crippen LogP contribution in [0.2, 0.25) is 0 Å². The molecule has 0 bridgehead atoms. The minimum Gasteiger partial charge on any atom is -0.192 e. The molecule has 1 rings (SSSR count). The molecule has 0 aliphatic rings. The minimum atomic E-state index is 0.192. The van der Waals surface area contributed by atoms with Crippen LogP contribution in [-0.2, 0) is 0 Å². The second kappa shape index (κ2) is 5.75. The fourth-order valence-electron chi connectivity index (χ4n) is 1.77. The third kappa shape index (κ3) is 3.25. The van der Waals surface area contributed by atoms with Crippen molar-refractivity contribution in [3.05, 3.63) is 28.8 Å². The molecule has 0 atom stereocenters. The van der Waals surface area contributed by atoms with Crippen LogP contribution in [0.15, 0.2) is 17.0 Å². The van der Waals surface area contributed by atoms with E-state index in [4.69, 9.17) is 0 Å². The lowest BCUT2D eigenvalue weighted by atomic mass is 9.93. The SMILES string of the molecule is CC(C)Sc1cc(C#N)c(C(C)C)c(C#N)c1. The topological polar surface area (TPSA) is 47.6 Å². The highest BCUT2D eigenvalue weighted by molar-refractivity contribution is 7.99. The van der Waals surface area contributed by atoms with Crippen molar-refractivity contribution < 1.29 is 0 Å². The zero-order chi connectivity index (χ0) is 13.0. The average molecular weight is 244 g/mol. The lowest BCUT2D eigenvalue weighted by Crippen LogP contribution is -1.99. The summed E-state index contributed by atoms with van der Waals surface area (Å²) in [6.07, 6.45) is 0. The first-order valence-electron chi connectivity index (χ1n) is 5.64. The molecule has 0 saturated carbocycles. The first-order valence-corrected chi connectivity index (χ1v) is 6.52. The van der Waals surface area contributed by atoms with Gasteiger partial charge >= 0.3 is 0 Å². The van der Waals surface area contributed by atoms with Crippen molar-refractivity contribution in [2.24, 2.45) is 0 Å². The van der Waals surface area contributed by atoms with Crippen molar-refractivity contribution in [2.75, 3.05) is 0 Å². The predicted molar refractivity (Wildman–Crippen MR) is 71.0 cm³/mol. The zero-order valence-electron chi connectivity index (χ0n) is 10.6. The third-order valence-electron chi connectivity index (χ3n) is 2.34. The van der Waals surface area contributed by atoms with Crippen molar-refractivity contribution in [1.82, 2.24) is 0 Å². The van der Waals surface area contributed by atoms with E-state index in [1.807, 2.05) is 26.0 Å². The molecule has 0 N–H and O–H groups in total. The minimum absolute atomic E-state index is 0.192. The van der Waals surface area contributed by atoms with E-state index in [1.54, 1.807) is 11.8 Å². The second-order valence-corrected chi connectivity index (χ2v) is 6.13. The number of rotatable bonds is 3. The van der Waals surface area contributed by atoms with E-state index in [1.165, 1.54) is 0 Å². The van der Waals surface area contributed by atoms with Gasteiger partial charge in [0, 0.05) is 10.1 Å². The van der Waals surface area contributed by atoms with E-state index in [0.29, 0.717) is 16.4 Å². The number of hydrogen-bond acceptors (Lipinski definition) is 3. The van der Waals surface area contributed by atoms with Crippen LogP contribution in [0.3, 0.4) is 0 Å². The number of thioether (sulfide) groups is 1. The van der Waals surface area contributed by atoms with Crippen LogP contribution >= 0.6 is 11.8 Å². The zero-order valence-corrected chi connectivity index (χ0v) is 11.4. The largest absolute Gasteiger partial charge is 0.192 e. The Morgan fingerprint density at radius 3 is 1.76 bits per heavy atom. The Balaban J connectivity index is 3.37. The molecule has 0 saturated heterocycles.